The number of hydrogen-bond acceptors (Lipinski definition) is 5. The first-order valence-corrected chi connectivity index (χ1v) is 23.3. The van der Waals surface area contributed by atoms with Crippen LogP contribution in [0.25, 0.3) is 0 Å². The van der Waals surface area contributed by atoms with Gasteiger partial charge in [0.1, 0.15) is 6.10 Å². The maximum atomic E-state index is 15.4. The van der Waals surface area contributed by atoms with Crippen LogP contribution in [-0.2, 0) is 19.1 Å². The van der Waals surface area contributed by atoms with Crippen LogP contribution in [0.1, 0.15) is 165 Å². The lowest BCUT2D eigenvalue weighted by Crippen LogP contribution is -2.68. The van der Waals surface area contributed by atoms with Gasteiger partial charge < -0.3 is 19.6 Å². The van der Waals surface area contributed by atoms with Crippen molar-refractivity contribution >= 4 is 17.8 Å². The highest BCUT2D eigenvalue weighted by molar-refractivity contribution is 5.84. The fourth-order valence-corrected chi connectivity index (χ4v) is 17.3. The molecule has 9 rings (SSSR count). The second kappa shape index (κ2) is 12.7. The van der Waals surface area contributed by atoms with Gasteiger partial charge >= 0.3 is 11.9 Å². The lowest BCUT2D eigenvalue weighted by molar-refractivity contribution is -0.253. The third-order valence-corrected chi connectivity index (χ3v) is 21.1. The molecule has 0 spiro atoms. The average molecular weight is 761 g/mol. The lowest BCUT2D eigenvalue weighted by atomic mass is 9.32. The summed E-state index contributed by atoms with van der Waals surface area (Å²) in [6.07, 6.45) is 19.5. The number of carboxylic acids is 1. The number of amides is 1. The molecule has 2 aliphatic heterocycles. The van der Waals surface area contributed by atoms with Crippen molar-refractivity contribution in [3.05, 3.63) is 0 Å². The lowest BCUT2D eigenvalue weighted by Gasteiger charge is -2.73. The van der Waals surface area contributed by atoms with E-state index in [1.165, 1.54) is 90.1 Å². The number of hydrogen-bond donors (Lipinski definition) is 1. The van der Waals surface area contributed by atoms with Crippen molar-refractivity contribution in [2.24, 2.45) is 79.3 Å². The Hall–Kier alpha value is -1.63. The number of carbonyl (C=O) groups excluding carboxylic acids is 2. The third kappa shape index (κ3) is 5.37. The first-order valence-electron chi connectivity index (χ1n) is 23.3. The fraction of sp³-hybridized carbons (Fsp3) is 0.938. The summed E-state index contributed by atoms with van der Waals surface area (Å²) in [7, 11) is 0. The molecule has 13 atom stereocenters. The topological polar surface area (TPSA) is 87.2 Å². The van der Waals surface area contributed by atoms with Gasteiger partial charge in [-0.2, -0.15) is 0 Å². The number of carbonyl (C=O) groups is 3. The van der Waals surface area contributed by atoms with Gasteiger partial charge in [0.2, 0.25) is 5.91 Å². The number of carboxylic acid groups (broad SMARTS) is 1. The summed E-state index contributed by atoms with van der Waals surface area (Å²) >= 11 is 0. The van der Waals surface area contributed by atoms with Crippen molar-refractivity contribution in [3.63, 3.8) is 0 Å². The molecule has 1 amide bonds. The van der Waals surface area contributed by atoms with Crippen molar-refractivity contribution in [2.75, 3.05) is 26.2 Å². The van der Waals surface area contributed by atoms with Crippen molar-refractivity contribution in [1.82, 2.24) is 9.80 Å². The molecule has 0 radical (unpaired) electrons. The molecular formula is C48H76N2O5. The molecule has 0 aromatic carbocycles. The van der Waals surface area contributed by atoms with E-state index >= 15 is 4.79 Å². The number of aliphatic carboxylic acids is 1. The van der Waals surface area contributed by atoms with Gasteiger partial charge in [-0.15, -0.1) is 0 Å². The van der Waals surface area contributed by atoms with E-state index in [1.807, 2.05) is 13.8 Å². The number of ether oxygens (including phenoxy) is 1. The summed E-state index contributed by atoms with van der Waals surface area (Å²) in [5.41, 5.74) is 0.166. The monoisotopic (exact) mass is 761 g/mol. The molecule has 9 fully saturated rings. The van der Waals surface area contributed by atoms with Crippen LogP contribution in [0.4, 0.5) is 0 Å². The molecule has 7 aliphatic carbocycles. The Balaban J connectivity index is 0.970. The van der Waals surface area contributed by atoms with Gasteiger partial charge in [0.15, 0.2) is 0 Å². The highest BCUT2D eigenvalue weighted by atomic mass is 16.5. The van der Waals surface area contributed by atoms with Crippen LogP contribution < -0.4 is 0 Å². The normalized spacial score (nSPS) is 49.2. The maximum absolute atomic E-state index is 15.4. The van der Waals surface area contributed by atoms with Crippen LogP contribution in [0.2, 0.25) is 0 Å². The minimum absolute atomic E-state index is 0.131. The highest BCUT2D eigenvalue weighted by Gasteiger charge is 2.74. The zero-order valence-electron chi connectivity index (χ0n) is 36.0. The quantitative estimate of drug-likeness (QED) is 0.260. The number of likely N-dealkylation sites (tertiary alicyclic amines) is 2. The average Bonchev–Trinajstić information content (AvgIpc) is 3.50. The smallest absolute Gasteiger partial charge is 0.309 e. The van der Waals surface area contributed by atoms with Gasteiger partial charge in [0.25, 0.3) is 0 Å². The van der Waals surface area contributed by atoms with Crippen LogP contribution in [0.5, 0.6) is 0 Å². The molecule has 7 heteroatoms. The van der Waals surface area contributed by atoms with E-state index in [4.69, 9.17) is 4.74 Å². The molecule has 9 aliphatic rings. The van der Waals surface area contributed by atoms with Gasteiger partial charge in [0, 0.05) is 24.5 Å². The summed E-state index contributed by atoms with van der Waals surface area (Å²) in [5, 5.41) is 9.70. The molecule has 0 unspecified atom stereocenters. The first kappa shape index (κ1) is 38.9. The molecule has 0 aromatic heterocycles. The first-order chi connectivity index (χ1) is 25.8. The van der Waals surface area contributed by atoms with E-state index in [2.05, 4.69) is 51.3 Å². The van der Waals surface area contributed by atoms with Crippen molar-refractivity contribution in [2.45, 2.75) is 177 Å². The molecule has 0 bridgehead atoms. The molecule has 0 aromatic rings. The largest absolute Gasteiger partial charge is 0.481 e. The zero-order valence-corrected chi connectivity index (χ0v) is 36.0. The summed E-state index contributed by atoms with van der Waals surface area (Å²) < 4.78 is 6.48. The van der Waals surface area contributed by atoms with Crippen LogP contribution in [0.3, 0.4) is 0 Å². The summed E-state index contributed by atoms with van der Waals surface area (Å²) in [6, 6.07) is 0.410. The Morgan fingerprint density at radius 3 is 2.05 bits per heavy atom. The van der Waals surface area contributed by atoms with Crippen molar-refractivity contribution < 1.29 is 24.2 Å². The van der Waals surface area contributed by atoms with Crippen LogP contribution >= 0.6 is 0 Å². The van der Waals surface area contributed by atoms with E-state index in [0.29, 0.717) is 53.4 Å². The number of nitrogens with zero attached hydrogens (tertiary/aromatic N) is 2. The predicted molar refractivity (Wildman–Crippen MR) is 215 cm³/mol. The fourth-order valence-electron chi connectivity index (χ4n) is 17.3. The van der Waals surface area contributed by atoms with Crippen LogP contribution in [0, 0.1) is 79.3 Å². The Bertz CT molecular complexity index is 1580. The number of esters is 1. The molecule has 308 valence electrons. The Morgan fingerprint density at radius 1 is 0.655 bits per heavy atom. The summed E-state index contributed by atoms with van der Waals surface area (Å²) in [6.45, 7) is 23.7. The minimum atomic E-state index is -0.801. The third-order valence-electron chi connectivity index (χ3n) is 21.1. The number of fused-ring (bicyclic) bond motifs is 7. The van der Waals surface area contributed by atoms with E-state index in [1.54, 1.807) is 0 Å². The molecule has 1 N–H and O–H groups in total. The summed E-state index contributed by atoms with van der Waals surface area (Å²) in [5.74, 6) is 1.70. The zero-order chi connectivity index (χ0) is 39.1. The van der Waals surface area contributed by atoms with Crippen molar-refractivity contribution in [3.8, 4) is 0 Å². The van der Waals surface area contributed by atoms with Gasteiger partial charge in [-0.1, -0.05) is 55.4 Å². The highest BCUT2D eigenvalue weighted by Crippen LogP contribution is 2.79. The van der Waals surface area contributed by atoms with E-state index in [9.17, 15) is 14.7 Å². The van der Waals surface area contributed by atoms with Gasteiger partial charge in [-0.05, 0) is 179 Å². The second-order valence-electron chi connectivity index (χ2n) is 23.7. The van der Waals surface area contributed by atoms with Gasteiger partial charge in [-0.25, -0.2) is 0 Å². The number of rotatable bonds is 7. The van der Waals surface area contributed by atoms with Crippen LogP contribution in [-0.4, -0.2) is 71.1 Å². The van der Waals surface area contributed by atoms with Gasteiger partial charge in [0.05, 0.1) is 17.3 Å². The Labute approximate surface area is 333 Å². The minimum Gasteiger partial charge on any atom is -0.481 e. The molecule has 2 saturated heterocycles. The SMILES string of the molecule is CC1([C@@H]2CC[C@]3(C(=O)N4CCC[C@@H]4CN4CCCC4)CC[C@]4(C)[C@H](CC[C@@H]5[C@@]6(C)CC[C@H](OC(=O)[C@@H]7C[C@H](C(=O)O)C7(C)C)C(C)(C)[C@@H]6CC[C@]54C)[C@@H]23)CC1. The predicted octanol–water partition coefficient (Wildman–Crippen LogP) is 9.61. The Morgan fingerprint density at radius 2 is 1.38 bits per heavy atom. The molecule has 55 heavy (non-hydrogen) atoms. The summed E-state index contributed by atoms with van der Waals surface area (Å²) in [4.78, 5) is 46.0. The van der Waals surface area contributed by atoms with E-state index in [0.717, 1.165) is 38.8 Å². The molecule has 7 nitrogen and oxygen atoms in total. The molecule has 2 heterocycles. The Kier molecular flexibility index (Phi) is 8.96. The van der Waals surface area contributed by atoms with Crippen molar-refractivity contribution in [1.29, 1.82) is 0 Å². The van der Waals surface area contributed by atoms with Gasteiger partial charge in [-0.3, -0.25) is 14.4 Å². The standard InChI is InChI=1S/C48H76N2O5/c1-42(2)33(39(51)52)28-34(42)40(53)55-37-17-18-45(6)35(43(37,3)4)16-19-47(8)36(45)14-13-32-38-31(44(5)21-22-44)15-20-48(38,24-23-46(32,47)7)41(54)50-27-11-12-30(50)29-49-25-9-10-26-49/h30-38H,9-29H2,1-8H3,(H,51,52)/t30-,31-,32-,33-,34+,35+,36-,37+,38-,45+,46-,47-,48+/m1/s1. The van der Waals surface area contributed by atoms with E-state index < -0.39 is 17.3 Å². The second-order valence-corrected chi connectivity index (χ2v) is 23.7. The molecule has 7 saturated carbocycles. The molecular weight excluding hydrogens is 685 g/mol. The van der Waals surface area contributed by atoms with Crippen LogP contribution in [0.15, 0.2) is 0 Å². The maximum Gasteiger partial charge on any atom is 0.309 e. The van der Waals surface area contributed by atoms with E-state index in [-0.39, 0.29) is 45.1 Å².